The molecule has 2 aromatic rings. The zero-order valence-corrected chi connectivity index (χ0v) is 12.0. The summed E-state index contributed by atoms with van der Waals surface area (Å²) in [5.74, 6) is 0.999. The van der Waals surface area contributed by atoms with E-state index >= 15 is 0 Å². The largest absolute Gasteiger partial charge is 0.454 e. The maximum Gasteiger partial charge on any atom is 0.164 e. The molecule has 1 unspecified atom stereocenters. The van der Waals surface area contributed by atoms with Gasteiger partial charge in [0, 0.05) is 10.9 Å². The minimum Gasteiger partial charge on any atom is -0.454 e. The van der Waals surface area contributed by atoms with Gasteiger partial charge in [0.2, 0.25) is 0 Å². The summed E-state index contributed by atoms with van der Waals surface area (Å²) in [7, 11) is 0. The normalized spacial score (nSPS) is 12.9. The van der Waals surface area contributed by atoms with Crippen molar-refractivity contribution in [3.8, 4) is 0 Å². The summed E-state index contributed by atoms with van der Waals surface area (Å²) in [5, 5.41) is 5.64. The first-order valence-electron chi connectivity index (χ1n) is 5.30. The van der Waals surface area contributed by atoms with Gasteiger partial charge in [0.15, 0.2) is 3.77 Å². The van der Waals surface area contributed by atoms with Crippen molar-refractivity contribution < 1.29 is 4.42 Å². The molecule has 0 aromatic carbocycles. The highest BCUT2D eigenvalue weighted by Gasteiger charge is 2.10. The van der Waals surface area contributed by atoms with Crippen molar-refractivity contribution in [1.82, 2.24) is 5.32 Å². The molecule has 0 amide bonds. The first kappa shape index (κ1) is 12.1. The fourth-order valence-electron chi connectivity index (χ4n) is 1.61. The second-order valence-corrected chi connectivity index (χ2v) is 5.61. The van der Waals surface area contributed by atoms with Crippen molar-refractivity contribution in [2.24, 2.45) is 0 Å². The highest BCUT2D eigenvalue weighted by Crippen LogP contribution is 2.22. The number of rotatable bonds is 5. The standard InChI is InChI=1S/C12H14INOS/c1-2-10(11-4-3-7-16-11)14-8-9-5-6-12(13)15-9/h3-7,10,14H,2,8H2,1H3. The number of hydrogen-bond donors (Lipinski definition) is 1. The molecular formula is C12H14INOS. The van der Waals surface area contributed by atoms with Gasteiger partial charge in [0.1, 0.15) is 5.76 Å². The van der Waals surface area contributed by atoms with Gasteiger partial charge < -0.3 is 9.73 Å². The van der Waals surface area contributed by atoms with E-state index < -0.39 is 0 Å². The van der Waals surface area contributed by atoms with Gasteiger partial charge in [-0.3, -0.25) is 0 Å². The lowest BCUT2D eigenvalue weighted by Crippen LogP contribution is -2.18. The van der Waals surface area contributed by atoms with Gasteiger partial charge in [-0.05, 0) is 52.6 Å². The lowest BCUT2D eigenvalue weighted by atomic mass is 10.2. The van der Waals surface area contributed by atoms with Crippen molar-refractivity contribution in [3.63, 3.8) is 0 Å². The summed E-state index contributed by atoms with van der Waals surface area (Å²) in [6.07, 6.45) is 1.10. The number of thiophene rings is 1. The Kier molecular flexibility index (Phi) is 4.43. The summed E-state index contributed by atoms with van der Waals surface area (Å²) in [6.45, 7) is 2.99. The van der Waals surface area contributed by atoms with Gasteiger partial charge in [0.05, 0.1) is 6.54 Å². The maximum absolute atomic E-state index is 5.52. The lowest BCUT2D eigenvalue weighted by molar-refractivity contribution is 0.433. The van der Waals surface area contributed by atoms with E-state index in [9.17, 15) is 0 Å². The second kappa shape index (κ2) is 5.84. The minimum atomic E-state index is 0.433. The van der Waals surface area contributed by atoms with Crippen LogP contribution in [0.4, 0.5) is 0 Å². The second-order valence-electron chi connectivity index (χ2n) is 3.56. The van der Waals surface area contributed by atoms with Crippen LogP contribution in [0.15, 0.2) is 34.1 Å². The number of halogens is 1. The van der Waals surface area contributed by atoms with Crippen LogP contribution in [0.2, 0.25) is 0 Å². The van der Waals surface area contributed by atoms with Gasteiger partial charge in [-0.25, -0.2) is 0 Å². The fraction of sp³-hybridized carbons (Fsp3) is 0.333. The van der Waals surface area contributed by atoms with Crippen LogP contribution in [0.25, 0.3) is 0 Å². The van der Waals surface area contributed by atoms with Gasteiger partial charge in [-0.1, -0.05) is 13.0 Å². The molecule has 2 aromatic heterocycles. The molecule has 0 fully saturated rings. The van der Waals surface area contributed by atoms with Crippen molar-refractivity contribution in [2.45, 2.75) is 25.9 Å². The Labute approximate surface area is 113 Å². The molecule has 16 heavy (non-hydrogen) atoms. The van der Waals surface area contributed by atoms with Crippen molar-refractivity contribution in [1.29, 1.82) is 0 Å². The topological polar surface area (TPSA) is 25.2 Å². The first-order valence-corrected chi connectivity index (χ1v) is 7.26. The molecule has 0 radical (unpaired) electrons. The van der Waals surface area contributed by atoms with E-state index in [0.717, 1.165) is 22.5 Å². The molecule has 2 nitrogen and oxygen atoms in total. The van der Waals surface area contributed by atoms with E-state index in [1.165, 1.54) is 4.88 Å². The number of nitrogens with one attached hydrogen (secondary N) is 1. The van der Waals surface area contributed by atoms with Gasteiger partial charge in [-0.15, -0.1) is 11.3 Å². The van der Waals surface area contributed by atoms with Crippen LogP contribution in [-0.2, 0) is 6.54 Å². The maximum atomic E-state index is 5.52. The van der Waals surface area contributed by atoms with Crippen molar-refractivity contribution in [3.05, 3.63) is 44.0 Å². The van der Waals surface area contributed by atoms with E-state index in [0.29, 0.717) is 6.04 Å². The quantitative estimate of drug-likeness (QED) is 0.821. The van der Waals surface area contributed by atoms with Gasteiger partial charge in [-0.2, -0.15) is 0 Å². The molecule has 0 aliphatic heterocycles. The number of hydrogen-bond acceptors (Lipinski definition) is 3. The van der Waals surface area contributed by atoms with E-state index in [1.54, 1.807) is 11.3 Å². The van der Waals surface area contributed by atoms with Crippen molar-refractivity contribution >= 4 is 33.9 Å². The molecule has 0 saturated carbocycles. The van der Waals surface area contributed by atoms with Crippen LogP contribution >= 0.6 is 33.9 Å². The Morgan fingerprint density at radius 2 is 2.31 bits per heavy atom. The predicted octanol–water partition coefficient (Wildman–Crippen LogP) is 4.19. The molecular weight excluding hydrogens is 333 g/mol. The Hall–Kier alpha value is -0.330. The third-order valence-electron chi connectivity index (χ3n) is 2.45. The zero-order valence-electron chi connectivity index (χ0n) is 9.07. The Morgan fingerprint density at radius 3 is 2.88 bits per heavy atom. The highest BCUT2D eigenvalue weighted by atomic mass is 127. The molecule has 0 spiro atoms. The summed E-state index contributed by atoms with van der Waals surface area (Å²) in [4.78, 5) is 1.39. The zero-order chi connectivity index (χ0) is 11.4. The molecule has 0 saturated heterocycles. The molecule has 2 heterocycles. The van der Waals surface area contributed by atoms with E-state index in [1.807, 2.05) is 12.1 Å². The van der Waals surface area contributed by atoms with Crippen LogP contribution < -0.4 is 5.32 Å². The Bertz CT molecular complexity index is 424. The van der Waals surface area contributed by atoms with Crippen LogP contribution in [0.3, 0.4) is 0 Å². The molecule has 1 N–H and O–H groups in total. The third-order valence-corrected chi connectivity index (χ3v) is 4.01. The van der Waals surface area contributed by atoms with Crippen LogP contribution in [0.1, 0.15) is 30.0 Å². The highest BCUT2D eigenvalue weighted by molar-refractivity contribution is 14.1. The van der Waals surface area contributed by atoms with Crippen LogP contribution in [-0.4, -0.2) is 0 Å². The van der Waals surface area contributed by atoms with E-state index in [4.69, 9.17) is 4.42 Å². The fourth-order valence-corrected chi connectivity index (χ4v) is 2.95. The Morgan fingerprint density at radius 1 is 1.44 bits per heavy atom. The SMILES string of the molecule is CCC(NCc1ccc(I)o1)c1cccs1. The predicted molar refractivity (Wildman–Crippen MR) is 75.6 cm³/mol. The monoisotopic (exact) mass is 347 g/mol. The van der Waals surface area contributed by atoms with Crippen LogP contribution in [0, 0.1) is 3.77 Å². The van der Waals surface area contributed by atoms with Crippen LogP contribution in [0.5, 0.6) is 0 Å². The lowest BCUT2D eigenvalue weighted by Gasteiger charge is -2.14. The Balaban J connectivity index is 1.93. The molecule has 4 heteroatoms. The number of furan rings is 1. The third kappa shape index (κ3) is 3.09. The first-order chi connectivity index (χ1) is 7.79. The van der Waals surface area contributed by atoms with Crippen molar-refractivity contribution in [2.75, 3.05) is 0 Å². The smallest absolute Gasteiger partial charge is 0.164 e. The molecule has 2 rings (SSSR count). The summed E-state index contributed by atoms with van der Waals surface area (Å²) >= 11 is 3.99. The molecule has 0 aliphatic rings. The summed E-state index contributed by atoms with van der Waals surface area (Å²) < 4.78 is 6.47. The minimum absolute atomic E-state index is 0.433. The summed E-state index contributed by atoms with van der Waals surface area (Å²) in [6, 6.07) is 8.72. The van der Waals surface area contributed by atoms with E-state index in [-0.39, 0.29) is 0 Å². The molecule has 0 bridgehead atoms. The van der Waals surface area contributed by atoms with E-state index in [2.05, 4.69) is 52.3 Å². The average Bonchev–Trinajstić information content (AvgIpc) is 2.91. The molecule has 86 valence electrons. The molecule has 0 aliphatic carbocycles. The van der Waals surface area contributed by atoms with Gasteiger partial charge in [0.25, 0.3) is 0 Å². The molecule has 1 atom stereocenters. The summed E-state index contributed by atoms with van der Waals surface area (Å²) in [5.41, 5.74) is 0. The average molecular weight is 347 g/mol. The van der Waals surface area contributed by atoms with Gasteiger partial charge >= 0.3 is 0 Å².